The molecule has 7 nitrogen and oxygen atoms in total. The number of rotatable bonds is 1. The summed E-state index contributed by atoms with van der Waals surface area (Å²) in [7, 11) is 0. The molecule has 2 atom stereocenters. The van der Waals surface area contributed by atoms with Crippen molar-refractivity contribution < 1.29 is 29.4 Å². The first-order valence-corrected chi connectivity index (χ1v) is 3.00. The van der Waals surface area contributed by atoms with E-state index < -0.39 is 30.1 Å². The van der Waals surface area contributed by atoms with E-state index in [9.17, 15) is 18.8 Å². The predicted molar refractivity (Wildman–Crippen MR) is 36.6 cm³/mol. The number of carbonyl (C=O) groups is 3. The first-order chi connectivity index (χ1) is 5.52. The van der Waals surface area contributed by atoms with Crippen LogP contribution in [0.5, 0.6) is 0 Å². The average Bonchev–Trinajstić information content (AvgIpc) is 1.96. The first kappa shape index (κ1) is 11.3. The van der Waals surface area contributed by atoms with E-state index >= 15 is 0 Å². The molecule has 13 heavy (non-hydrogen) atoms. The van der Waals surface area contributed by atoms with E-state index in [-0.39, 0.29) is 5.48 Å². The Morgan fingerprint density at radius 1 is 1.46 bits per heavy atom. The van der Waals surface area contributed by atoms with E-state index in [1.54, 1.807) is 10.6 Å². The number of halogens is 1. The van der Waals surface area contributed by atoms with Crippen LogP contribution in [0.4, 0.5) is 9.18 Å². The van der Waals surface area contributed by atoms with Gasteiger partial charge in [-0.2, -0.15) is 0 Å². The highest BCUT2D eigenvalue weighted by Gasteiger charge is 2.40. The number of carboxylic acid groups (broad SMARTS) is 1. The maximum Gasteiger partial charge on any atom is 0.329 e. The van der Waals surface area contributed by atoms with Gasteiger partial charge in [-0.25, -0.2) is 14.0 Å². The standard InChI is InChI=1S/C5H5FN2O4.H2O/c6-1-2(4(10)11)7-5(12)8-3(1)9;/h1-2H,(H,10,11)(H2,7,8,9,12);1H2. The fraction of sp³-hybridized carbons (Fsp3) is 0.400. The van der Waals surface area contributed by atoms with Crippen LogP contribution in [0.25, 0.3) is 0 Å². The molecule has 0 aromatic rings. The van der Waals surface area contributed by atoms with Crippen LogP contribution >= 0.6 is 0 Å². The van der Waals surface area contributed by atoms with Gasteiger partial charge in [0.25, 0.3) is 5.91 Å². The smallest absolute Gasteiger partial charge is 0.329 e. The van der Waals surface area contributed by atoms with Gasteiger partial charge in [0.1, 0.15) is 0 Å². The molecule has 5 N–H and O–H groups in total. The van der Waals surface area contributed by atoms with Gasteiger partial charge >= 0.3 is 12.0 Å². The third kappa shape index (κ3) is 2.12. The molecule has 1 aliphatic heterocycles. The van der Waals surface area contributed by atoms with Crippen LogP contribution in [0.3, 0.4) is 0 Å². The third-order valence-corrected chi connectivity index (χ3v) is 1.33. The number of hydrogen-bond donors (Lipinski definition) is 3. The number of amides is 3. The summed E-state index contributed by atoms with van der Waals surface area (Å²) in [4.78, 5) is 31.2. The van der Waals surface area contributed by atoms with Crippen molar-refractivity contribution in [1.82, 2.24) is 10.6 Å². The Bertz CT molecular complexity index is 255. The summed E-state index contributed by atoms with van der Waals surface area (Å²) in [5, 5.41) is 11.6. The van der Waals surface area contributed by atoms with E-state index in [2.05, 4.69) is 0 Å². The highest BCUT2D eigenvalue weighted by Crippen LogP contribution is 2.04. The Morgan fingerprint density at radius 2 is 2.00 bits per heavy atom. The van der Waals surface area contributed by atoms with Gasteiger partial charge in [-0.1, -0.05) is 0 Å². The molecular formula is C5H7FN2O5. The maximum absolute atomic E-state index is 12.7. The number of nitrogens with one attached hydrogen (secondary N) is 2. The van der Waals surface area contributed by atoms with E-state index in [4.69, 9.17) is 5.11 Å². The first-order valence-electron chi connectivity index (χ1n) is 3.00. The SMILES string of the molecule is O.O=C1NC(=O)C(F)C(C(=O)O)N1. The zero-order valence-corrected chi connectivity index (χ0v) is 6.20. The van der Waals surface area contributed by atoms with Crippen molar-refractivity contribution in [2.75, 3.05) is 0 Å². The fourth-order valence-electron chi connectivity index (χ4n) is 0.770. The molecule has 0 aliphatic carbocycles. The largest absolute Gasteiger partial charge is 0.480 e. The van der Waals surface area contributed by atoms with Gasteiger partial charge in [0, 0.05) is 0 Å². The topological polar surface area (TPSA) is 127 Å². The molecule has 2 unspecified atom stereocenters. The quantitative estimate of drug-likeness (QED) is 0.437. The number of carbonyl (C=O) groups excluding carboxylic acids is 2. The minimum atomic E-state index is -2.24. The molecule has 3 amide bonds. The molecule has 1 aliphatic rings. The monoisotopic (exact) mass is 194 g/mol. The summed E-state index contributed by atoms with van der Waals surface area (Å²) in [6, 6.07) is -2.78. The molecule has 0 aromatic heterocycles. The minimum Gasteiger partial charge on any atom is -0.480 e. The van der Waals surface area contributed by atoms with E-state index in [0.717, 1.165) is 0 Å². The third-order valence-electron chi connectivity index (χ3n) is 1.33. The van der Waals surface area contributed by atoms with E-state index in [1.165, 1.54) is 0 Å². The van der Waals surface area contributed by atoms with Crippen molar-refractivity contribution in [1.29, 1.82) is 0 Å². The molecule has 1 rings (SSSR count). The van der Waals surface area contributed by atoms with Gasteiger partial charge in [0.2, 0.25) is 6.17 Å². The molecular weight excluding hydrogens is 187 g/mol. The Balaban J connectivity index is 0.00000144. The highest BCUT2D eigenvalue weighted by molar-refractivity contribution is 6.03. The minimum absolute atomic E-state index is 0. The highest BCUT2D eigenvalue weighted by atomic mass is 19.1. The van der Waals surface area contributed by atoms with Gasteiger partial charge in [-0.15, -0.1) is 0 Å². The van der Waals surface area contributed by atoms with Crippen LogP contribution in [0.2, 0.25) is 0 Å². The van der Waals surface area contributed by atoms with Crippen molar-refractivity contribution in [3.63, 3.8) is 0 Å². The van der Waals surface area contributed by atoms with Crippen molar-refractivity contribution in [2.24, 2.45) is 0 Å². The second-order valence-corrected chi connectivity index (χ2v) is 2.18. The summed E-state index contributed by atoms with van der Waals surface area (Å²) in [6.07, 6.45) is -2.24. The average molecular weight is 194 g/mol. The lowest BCUT2D eigenvalue weighted by molar-refractivity contribution is -0.145. The normalized spacial score (nSPS) is 26.8. The molecule has 74 valence electrons. The molecule has 1 fully saturated rings. The molecule has 0 radical (unpaired) electrons. The fourth-order valence-corrected chi connectivity index (χ4v) is 0.770. The Hall–Kier alpha value is -1.70. The molecule has 0 saturated carbocycles. The summed E-state index contributed by atoms with van der Waals surface area (Å²) < 4.78 is 12.7. The molecule has 1 saturated heterocycles. The van der Waals surface area contributed by atoms with Gasteiger partial charge in [0.15, 0.2) is 6.04 Å². The summed E-state index contributed by atoms with van der Waals surface area (Å²) in [5.74, 6) is -2.81. The maximum atomic E-state index is 12.7. The van der Waals surface area contributed by atoms with Gasteiger partial charge in [-0.05, 0) is 0 Å². The number of hydrogen-bond acceptors (Lipinski definition) is 3. The van der Waals surface area contributed by atoms with Crippen LogP contribution in [0, 0.1) is 0 Å². The molecule has 1 heterocycles. The lowest BCUT2D eigenvalue weighted by Gasteiger charge is -2.22. The summed E-state index contributed by atoms with van der Waals surface area (Å²) in [5.41, 5.74) is 0. The van der Waals surface area contributed by atoms with Crippen LogP contribution in [0.15, 0.2) is 0 Å². The zero-order chi connectivity index (χ0) is 9.30. The van der Waals surface area contributed by atoms with E-state index in [0.29, 0.717) is 0 Å². The molecule has 0 spiro atoms. The van der Waals surface area contributed by atoms with Crippen molar-refractivity contribution in [3.8, 4) is 0 Å². The van der Waals surface area contributed by atoms with Crippen molar-refractivity contribution >= 4 is 17.9 Å². The number of alkyl halides is 1. The number of imide groups is 1. The lowest BCUT2D eigenvalue weighted by atomic mass is 10.1. The van der Waals surface area contributed by atoms with Gasteiger partial charge in [-0.3, -0.25) is 10.1 Å². The summed E-state index contributed by atoms with van der Waals surface area (Å²) >= 11 is 0. The number of carboxylic acids is 1. The Labute approximate surface area is 71.2 Å². The van der Waals surface area contributed by atoms with Crippen LogP contribution in [-0.2, 0) is 9.59 Å². The van der Waals surface area contributed by atoms with E-state index in [1.807, 2.05) is 0 Å². The number of urea groups is 1. The number of aliphatic carboxylic acids is 1. The molecule has 8 heteroatoms. The predicted octanol–water partition coefficient (Wildman–Crippen LogP) is -2.21. The van der Waals surface area contributed by atoms with Crippen LogP contribution < -0.4 is 10.6 Å². The van der Waals surface area contributed by atoms with Gasteiger partial charge < -0.3 is 15.9 Å². The Kier molecular flexibility index (Phi) is 3.31. The van der Waals surface area contributed by atoms with Crippen molar-refractivity contribution in [2.45, 2.75) is 12.2 Å². The van der Waals surface area contributed by atoms with Gasteiger partial charge in [0.05, 0.1) is 0 Å². The molecule has 0 bridgehead atoms. The van der Waals surface area contributed by atoms with Crippen LogP contribution in [-0.4, -0.2) is 40.7 Å². The second-order valence-electron chi connectivity index (χ2n) is 2.18. The lowest BCUT2D eigenvalue weighted by Crippen LogP contribution is -2.62. The Morgan fingerprint density at radius 3 is 2.46 bits per heavy atom. The zero-order valence-electron chi connectivity index (χ0n) is 6.20. The van der Waals surface area contributed by atoms with Crippen molar-refractivity contribution in [3.05, 3.63) is 0 Å². The second kappa shape index (κ2) is 3.81. The summed E-state index contributed by atoms with van der Waals surface area (Å²) in [6.45, 7) is 0. The molecule has 0 aromatic carbocycles. The van der Waals surface area contributed by atoms with Crippen LogP contribution in [0.1, 0.15) is 0 Å².